The van der Waals surface area contributed by atoms with Crippen LogP contribution in [0.5, 0.6) is 0 Å². The topological polar surface area (TPSA) is 47.4 Å². The molecule has 1 aromatic carbocycles. The van der Waals surface area contributed by atoms with Crippen molar-refractivity contribution in [1.82, 2.24) is 14.8 Å². The fourth-order valence-electron chi connectivity index (χ4n) is 3.55. The van der Waals surface area contributed by atoms with Gasteiger partial charge in [-0.1, -0.05) is 34.8 Å². The van der Waals surface area contributed by atoms with Crippen LogP contribution in [0.15, 0.2) is 18.3 Å². The number of amides is 1. The van der Waals surface area contributed by atoms with Crippen LogP contribution in [0.25, 0.3) is 0 Å². The molecule has 0 aliphatic heterocycles. The number of halogens is 5. The first-order valence-corrected chi connectivity index (χ1v) is 9.62. The summed E-state index contributed by atoms with van der Waals surface area (Å²) < 4.78 is 27.6. The number of hydroxylamine groups is 2. The summed E-state index contributed by atoms with van der Waals surface area (Å²) in [4.78, 5) is 18.1. The molecule has 1 aliphatic rings. The Kier molecular flexibility index (Phi) is 6.20. The van der Waals surface area contributed by atoms with Crippen LogP contribution >= 0.6 is 34.8 Å². The summed E-state index contributed by atoms with van der Waals surface area (Å²) in [5.74, 6) is -0.648. The predicted molar refractivity (Wildman–Crippen MR) is 103 cm³/mol. The van der Waals surface area contributed by atoms with E-state index in [-0.39, 0.29) is 17.4 Å². The second-order valence-corrected chi connectivity index (χ2v) is 8.00. The maximum atomic E-state index is 13.2. The molecular weight excluding hydrogens is 435 g/mol. The Labute approximate surface area is 176 Å². The molecule has 1 aromatic heterocycles. The van der Waals surface area contributed by atoms with Gasteiger partial charge in [0.2, 0.25) is 0 Å². The summed E-state index contributed by atoms with van der Waals surface area (Å²) in [6.45, 7) is 1.79. The van der Waals surface area contributed by atoms with Gasteiger partial charge >= 0.3 is 0 Å². The monoisotopic (exact) mass is 451 g/mol. The quantitative estimate of drug-likeness (QED) is 0.543. The summed E-state index contributed by atoms with van der Waals surface area (Å²) in [5, 5.41) is 6.14. The van der Waals surface area contributed by atoms with Crippen molar-refractivity contribution in [3.63, 3.8) is 0 Å². The number of aryl methyl sites for hydroxylation is 1. The van der Waals surface area contributed by atoms with E-state index in [1.165, 1.54) is 25.0 Å². The largest absolute Gasteiger partial charge is 0.282 e. The fraction of sp³-hybridized carbons (Fsp3) is 0.444. The molecule has 1 heterocycles. The Bertz CT molecular complexity index is 883. The van der Waals surface area contributed by atoms with Crippen molar-refractivity contribution in [2.75, 3.05) is 7.11 Å². The van der Waals surface area contributed by atoms with Crippen molar-refractivity contribution in [1.29, 1.82) is 0 Å². The highest BCUT2D eigenvalue weighted by atomic mass is 35.5. The SMILES string of the molecule is CON(C(=O)c1cn(C)nc1C(F)F)C(C)C1CC1c1c(Cl)cc(Cl)cc1Cl. The number of rotatable bonds is 6. The molecule has 1 aliphatic carbocycles. The van der Waals surface area contributed by atoms with Gasteiger partial charge < -0.3 is 0 Å². The lowest BCUT2D eigenvalue weighted by atomic mass is 10.1. The van der Waals surface area contributed by atoms with Crippen LogP contribution in [0.1, 0.15) is 47.3 Å². The Balaban J connectivity index is 1.82. The van der Waals surface area contributed by atoms with Gasteiger partial charge in [0, 0.05) is 28.3 Å². The van der Waals surface area contributed by atoms with E-state index in [1.54, 1.807) is 19.1 Å². The third-order valence-corrected chi connectivity index (χ3v) is 5.78. The zero-order valence-corrected chi connectivity index (χ0v) is 17.6. The molecule has 3 atom stereocenters. The third kappa shape index (κ3) is 3.99. The molecule has 10 heteroatoms. The molecule has 1 amide bonds. The van der Waals surface area contributed by atoms with Crippen molar-refractivity contribution < 1.29 is 18.4 Å². The molecule has 3 rings (SSSR count). The molecule has 3 unspecified atom stereocenters. The van der Waals surface area contributed by atoms with E-state index in [0.29, 0.717) is 15.1 Å². The van der Waals surface area contributed by atoms with Crippen LogP contribution in [0.3, 0.4) is 0 Å². The van der Waals surface area contributed by atoms with E-state index in [2.05, 4.69) is 5.10 Å². The molecule has 0 saturated heterocycles. The number of aromatic nitrogens is 2. The van der Waals surface area contributed by atoms with Crippen LogP contribution in [-0.2, 0) is 11.9 Å². The lowest BCUT2D eigenvalue weighted by Gasteiger charge is -2.27. The van der Waals surface area contributed by atoms with Crippen LogP contribution < -0.4 is 0 Å². The van der Waals surface area contributed by atoms with Gasteiger partial charge in [-0.05, 0) is 42.9 Å². The first kappa shape index (κ1) is 21.3. The number of carbonyl (C=O) groups excluding carboxylic acids is 1. The van der Waals surface area contributed by atoms with E-state index in [0.717, 1.165) is 17.0 Å². The number of carbonyl (C=O) groups is 1. The van der Waals surface area contributed by atoms with Crippen LogP contribution in [0.4, 0.5) is 8.78 Å². The summed E-state index contributed by atoms with van der Waals surface area (Å²) >= 11 is 18.5. The molecule has 2 aromatic rings. The predicted octanol–water partition coefficient (Wildman–Crippen LogP) is 5.51. The standard InChI is InChI=1S/C18H18Cl3F2N3O2/c1-8(10-6-11(10)15-13(20)4-9(19)5-14(15)21)26(28-3)18(27)12-7-25(2)24-16(12)17(22)23/h4-5,7-8,10-11,17H,6H2,1-3H3. The first-order valence-electron chi connectivity index (χ1n) is 8.49. The van der Waals surface area contributed by atoms with Crippen molar-refractivity contribution in [2.24, 2.45) is 13.0 Å². The van der Waals surface area contributed by atoms with E-state index < -0.39 is 24.1 Å². The number of hydrogen-bond acceptors (Lipinski definition) is 3. The van der Waals surface area contributed by atoms with Gasteiger partial charge in [0.25, 0.3) is 12.3 Å². The van der Waals surface area contributed by atoms with Gasteiger partial charge in [-0.2, -0.15) is 5.10 Å². The van der Waals surface area contributed by atoms with Gasteiger partial charge in [0.15, 0.2) is 0 Å². The first-order chi connectivity index (χ1) is 13.1. The van der Waals surface area contributed by atoms with Crippen molar-refractivity contribution in [3.05, 3.63) is 50.2 Å². The maximum absolute atomic E-state index is 13.2. The summed E-state index contributed by atoms with van der Waals surface area (Å²) in [5.41, 5.74) is 0.00609. The molecule has 5 nitrogen and oxygen atoms in total. The zero-order valence-electron chi connectivity index (χ0n) is 15.3. The molecule has 0 spiro atoms. The summed E-state index contributed by atoms with van der Waals surface area (Å²) in [7, 11) is 2.80. The highest BCUT2D eigenvalue weighted by Crippen LogP contribution is 2.55. The molecule has 0 bridgehead atoms. The number of hydrogen-bond donors (Lipinski definition) is 0. The van der Waals surface area contributed by atoms with E-state index >= 15 is 0 Å². The molecule has 28 heavy (non-hydrogen) atoms. The van der Waals surface area contributed by atoms with Crippen molar-refractivity contribution >= 4 is 40.7 Å². The summed E-state index contributed by atoms with van der Waals surface area (Å²) in [6.07, 6.45) is -0.876. The van der Waals surface area contributed by atoms with E-state index in [9.17, 15) is 13.6 Å². The van der Waals surface area contributed by atoms with Crippen LogP contribution in [0, 0.1) is 5.92 Å². The van der Waals surface area contributed by atoms with Crippen LogP contribution in [-0.4, -0.2) is 33.9 Å². The Morgan fingerprint density at radius 1 is 1.32 bits per heavy atom. The second-order valence-electron chi connectivity index (χ2n) is 6.75. The van der Waals surface area contributed by atoms with Crippen LogP contribution in [0.2, 0.25) is 15.1 Å². The van der Waals surface area contributed by atoms with E-state index in [4.69, 9.17) is 39.6 Å². The normalized spacial score (nSPS) is 19.8. The molecule has 0 radical (unpaired) electrons. The Morgan fingerprint density at radius 2 is 1.93 bits per heavy atom. The smallest absolute Gasteiger partial charge is 0.275 e. The number of benzene rings is 1. The van der Waals surface area contributed by atoms with Gasteiger partial charge in [-0.15, -0.1) is 0 Å². The zero-order chi connectivity index (χ0) is 20.7. The Hall–Kier alpha value is -1.41. The molecule has 152 valence electrons. The fourth-order valence-corrected chi connectivity index (χ4v) is 4.64. The lowest BCUT2D eigenvalue weighted by molar-refractivity contribution is -0.124. The minimum Gasteiger partial charge on any atom is -0.275 e. The third-order valence-electron chi connectivity index (χ3n) is 4.94. The lowest BCUT2D eigenvalue weighted by Crippen LogP contribution is -2.39. The maximum Gasteiger partial charge on any atom is 0.282 e. The van der Waals surface area contributed by atoms with Gasteiger partial charge in [0.05, 0.1) is 18.7 Å². The van der Waals surface area contributed by atoms with Gasteiger partial charge in [-0.3, -0.25) is 14.3 Å². The molecule has 0 N–H and O–H groups in total. The molecule has 1 saturated carbocycles. The highest BCUT2D eigenvalue weighted by molar-refractivity contribution is 6.39. The highest BCUT2D eigenvalue weighted by Gasteiger charge is 2.47. The minimum atomic E-state index is -2.87. The van der Waals surface area contributed by atoms with E-state index in [1.807, 2.05) is 0 Å². The van der Waals surface area contributed by atoms with Gasteiger partial charge in [-0.25, -0.2) is 13.8 Å². The average molecular weight is 453 g/mol. The molecular formula is C18H18Cl3F2N3O2. The number of nitrogens with zero attached hydrogens (tertiary/aromatic N) is 3. The van der Waals surface area contributed by atoms with Crippen molar-refractivity contribution in [3.8, 4) is 0 Å². The average Bonchev–Trinajstić information content (AvgIpc) is 3.27. The van der Waals surface area contributed by atoms with Gasteiger partial charge in [0.1, 0.15) is 5.69 Å². The Morgan fingerprint density at radius 3 is 2.46 bits per heavy atom. The summed E-state index contributed by atoms with van der Waals surface area (Å²) in [6, 6.07) is 2.85. The minimum absolute atomic E-state index is 0.00625. The van der Waals surface area contributed by atoms with Crippen molar-refractivity contribution in [2.45, 2.75) is 31.7 Å². The number of alkyl halides is 2. The molecule has 1 fully saturated rings. The second kappa shape index (κ2) is 8.14.